The van der Waals surface area contributed by atoms with Gasteiger partial charge in [-0.05, 0) is 51.8 Å². The van der Waals surface area contributed by atoms with Gasteiger partial charge in [-0.15, -0.1) is 0 Å². The highest BCUT2D eigenvalue weighted by atomic mass is 35.5. The SMILES string of the molecule is Cc1cc(C(=O)O[C@H](C)C(=O)Nc2ccccc2Cl)c(C)n1C1CC1. The van der Waals surface area contributed by atoms with Crippen molar-refractivity contribution in [2.45, 2.75) is 45.8 Å². The van der Waals surface area contributed by atoms with Crippen LogP contribution in [0.15, 0.2) is 30.3 Å². The zero-order valence-electron chi connectivity index (χ0n) is 14.5. The third-order valence-corrected chi connectivity index (χ3v) is 4.73. The molecule has 0 unspecified atom stereocenters. The number of nitrogens with zero attached hydrogens (tertiary/aromatic N) is 1. The number of nitrogens with one attached hydrogen (secondary N) is 1. The monoisotopic (exact) mass is 360 g/mol. The second kappa shape index (κ2) is 6.92. The minimum absolute atomic E-state index is 0.419. The predicted molar refractivity (Wildman–Crippen MR) is 97.1 cm³/mol. The van der Waals surface area contributed by atoms with Gasteiger partial charge in [0.1, 0.15) is 0 Å². The summed E-state index contributed by atoms with van der Waals surface area (Å²) in [6.45, 7) is 5.44. The molecule has 3 rings (SSSR count). The first-order valence-electron chi connectivity index (χ1n) is 8.33. The summed E-state index contributed by atoms with van der Waals surface area (Å²) in [6.07, 6.45) is 1.36. The number of esters is 1. The summed E-state index contributed by atoms with van der Waals surface area (Å²) >= 11 is 6.03. The maximum atomic E-state index is 12.5. The van der Waals surface area contributed by atoms with E-state index in [1.165, 1.54) is 0 Å². The fraction of sp³-hybridized carbons (Fsp3) is 0.368. The van der Waals surface area contributed by atoms with Gasteiger partial charge < -0.3 is 14.6 Å². The topological polar surface area (TPSA) is 60.3 Å². The maximum Gasteiger partial charge on any atom is 0.340 e. The van der Waals surface area contributed by atoms with Crippen molar-refractivity contribution in [2.24, 2.45) is 0 Å². The Bertz CT molecular complexity index is 824. The third-order valence-electron chi connectivity index (χ3n) is 4.40. The number of halogens is 1. The van der Waals surface area contributed by atoms with Gasteiger partial charge in [-0.2, -0.15) is 0 Å². The van der Waals surface area contributed by atoms with Crippen LogP contribution in [0.5, 0.6) is 0 Å². The average molecular weight is 361 g/mol. The minimum Gasteiger partial charge on any atom is -0.449 e. The van der Waals surface area contributed by atoms with Gasteiger partial charge in [-0.25, -0.2) is 4.79 Å². The summed E-state index contributed by atoms with van der Waals surface area (Å²) in [6, 6.07) is 9.23. The Kier molecular flexibility index (Phi) is 4.86. The van der Waals surface area contributed by atoms with Crippen LogP contribution in [0.25, 0.3) is 0 Å². The Balaban J connectivity index is 1.67. The van der Waals surface area contributed by atoms with Crippen molar-refractivity contribution < 1.29 is 14.3 Å². The first-order chi connectivity index (χ1) is 11.9. The normalized spacial score (nSPS) is 14.9. The molecule has 1 atom stereocenters. The van der Waals surface area contributed by atoms with Crippen LogP contribution >= 0.6 is 11.6 Å². The number of amides is 1. The number of aromatic nitrogens is 1. The first kappa shape index (κ1) is 17.5. The smallest absolute Gasteiger partial charge is 0.340 e. The summed E-state index contributed by atoms with van der Waals surface area (Å²) in [5.74, 6) is -0.903. The van der Waals surface area contributed by atoms with E-state index in [0.717, 1.165) is 24.2 Å². The lowest BCUT2D eigenvalue weighted by molar-refractivity contribution is -0.123. The van der Waals surface area contributed by atoms with E-state index in [2.05, 4.69) is 9.88 Å². The largest absolute Gasteiger partial charge is 0.449 e. The second-order valence-electron chi connectivity index (χ2n) is 6.40. The number of para-hydroxylation sites is 1. The quantitative estimate of drug-likeness (QED) is 0.809. The molecule has 1 N–H and O–H groups in total. The highest BCUT2D eigenvalue weighted by Gasteiger charge is 2.29. The number of carbonyl (C=O) groups excluding carboxylic acids is 2. The van der Waals surface area contributed by atoms with Crippen LogP contribution in [-0.4, -0.2) is 22.5 Å². The molecule has 6 heteroatoms. The Morgan fingerprint density at radius 3 is 2.60 bits per heavy atom. The van der Waals surface area contributed by atoms with Crippen LogP contribution in [0.2, 0.25) is 5.02 Å². The predicted octanol–water partition coefficient (Wildman–Crippen LogP) is 4.28. The molecule has 0 aliphatic heterocycles. The van der Waals surface area contributed by atoms with Gasteiger partial charge >= 0.3 is 5.97 Å². The van der Waals surface area contributed by atoms with Crippen LogP contribution in [0.4, 0.5) is 5.69 Å². The number of hydrogen-bond donors (Lipinski definition) is 1. The fourth-order valence-electron chi connectivity index (χ4n) is 2.95. The Morgan fingerprint density at radius 2 is 1.96 bits per heavy atom. The maximum absolute atomic E-state index is 12.5. The molecule has 0 radical (unpaired) electrons. The number of hydrogen-bond acceptors (Lipinski definition) is 3. The van der Waals surface area contributed by atoms with Crippen molar-refractivity contribution in [1.82, 2.24) is 4.57 Å². The van der Waals surface area contributed by atoms with Crippen LogP contribution in [0.1, 0.15) is 47.6 Å². The fourth-order valence-corrected chi connectivity index (χ4v) is 3.14. The van der Waals surface area contributed by atoms with Crippen molar-refractivity contribution in [3.63, 3.8) is 0 Å². The molecule has 132 valence electrons. The van der Waals surface area contributed by atoms with Gasteiger partial charge in [0.25, 0.3) is 5.91 Å². The van der Waals surface area contributed by atoms with Crippen LogP contribution in [-0.2, 0) is 9.53 Å². The molecule has 1 aromatic heterocycles. The van der Waals surface area contributed by atoms with E-state index >= 15 is 0 Å². The molecule has 1 aromatic carbocycles. The standard InChI is InChI=1S/C19H21ClN2O3/c1-11-10-15(12(2)22(11)14-8-9-14)19(24)25-13(3)18(23)21-17-7-5-4-6-16(17)20/h4-7,10,13-14H,8-9H2,1-3H3,(H,21,23)/t13-/m1/s1. The lowest BCUT2D eigenvalue weighted by atomic mass is 10.2. The molecule has 1 aliphatic rings. The van der Waals surface area contributed by atoms with Crippen LogP contribution in [0, 0.1) is 13.8 Å². The number of anilines is 1. The van der Waals surface area contributed by atoms with Gasteiger partial charge in [-0.1, -0.05) is 23.7 Å². The highest BCUT2D eigenvalue weighted by Crippen LogP contribution is 2.38. The molecular formula is C19H21ClN2O3. The van der Waals surface area contributed by atoms with Crippen molar-refractivity contribution >= 4 is 29.2 Å². The van der Waals surface area contributed by atoms with Crippen molar-refractivity contribution in [2.75, 3.05) is 5.32 Å². The van der Waals surface area contributed by atoms with E-state index in [0.29, 0.717) is 22.3 Å². The van der Waals surface area contributed by atoms with Crippen molar-refractivity contribution in [3.8, 4) is 0 Å². The molecule has 0 saturated heterocycles. The Hall–Kier alpha value is -2.27. The lowest BCUT2D eigenvalue weighted by Crippen LogP contribution is -2.30. The molecule has 1 aliphatic carbocycles. The molecule has 0 spiro atoms. The Labute approximate surface area is 151 Å². The van der Waals surface area contributed by atoms with Crippen molar-refractivity contribution in [3.05, 3.63) is 52.3 Å². The van der Waals surface area contributed by atoms with Crippen LogP contribution < -0.4 is 5.32 Å². The van der Waals surface area contributed by atoms with Gasteiger partial charge in [0, 0.05) is 17.4 Å². The van der Waals surface area contributed by atoms with E-state index in [4.69, 9.17) is 16.3 Å². The van der Waals surface area contributed by atoms with Gasteiger partial charge in [0.15, 0.2) is 6.10 Å². The minimum atomic E-state index is -0.923. The third kappa shape index (κ3) is 3.71. The van der Waals surface area contributed by atoms with Gasteiger partial charge in [0.2, 0.25) is 0 Å². The number of benzene rings is 1. The van der Waals surface area contributed by atoms with Gasteiger partial charge in [-0.3, -0.25) is 4.79 Å². The summed E-state index contributed by atoms with van der Waals surface area (Å²) in [5.41, 5.74) is 2.94. The summed E-state index contributed by atoms with van der Waals surface area (Å²) in [5, 5.41) is 3.11. The molecule has 1 saturated carbocycles. The second-order valence-corrected chi connectivity index (χ2v) is 6.81. The molecule has 25 heavy (non-hydrogen) atoms. The molecule has 1 heterocycles. The lowest BCUT2D eigenvalue weighted by Gasteiger charge is -2.14. The van der Waals surface area contributed by atoms with Crippen LogP contribution in [0.3, 0.4) is 0 Å². The zero-order chi connectivity index (χ0) is 18.1. The summed E-state index contributed by atoms with van der Waals surface area (Å²) in [7, 11) is 0. The number of rotatable bonds is 5. The van der Waals surface area contributed by atoms with Crippen molar-refractivity contribution in [1.29, 1.82) is 0 Å². The first-order valence-corrected chi connectivity index (χ1v) is 8.71. The Morgan fingerprint density at radius 1 is 1.28 bits per heavy atom. The number of aryl methyl sites for hydroxylation is 1. The van der Waals surface area contributed by atoms with E-state index in [1.54, 1.807) is 31.2 Å². The molecule has 5 nitrogen and oxygen atoms in total. The van der Waals surface area contributed by atoms with Gasteiger partial charge in [0.05, 0.1) is 16.3 Å². The number of ether oxygens (including phenoxy) is 1. The molecular weight excluding hydrogens is 340 g/mol. The summed E-state index contributed by atoms with van der Waals surface area (Å²) < 4.78 is 7.52. The molecule has 2 aromatic rings. The number of carbonyl (C=O) groups is 2. The molecule has 1 amide bonds. The van der Waals surface area contributed by atoms with E-state index in [9.17, 15) is 9.59 Å². The zero-order valence-corrected chi connectivity index (χ0v) is 15.3. The average Bonchev–Trinajstić information content (AvgIpc) is 3.34. The molecule has 0 bridgehead atoms. The van der Waals surface area contributed by atoms with E-state index in [-0.39, 0.29) is 0 Å². The van der Waals surface area contributed by atoms with E-state index < -0.39 is 18.0 Å². The molecule has 1 fully saturated rings. The summed E-state index contributed by atoms with van der Waals surface area (Å²) in [4.78, 5) is 24.7. The highest BCUT2D eigenvalue weighted by molar-refractivity contribution is 6.33. The van der Waals surface area contributed by atoms with E-state index in [1.807, 2.05) is 19.9 Å².